The highest BCUT2D eigenvalue weighted by Gasteiger charge is 2.14. The Balaban J connectivity index is 2.58. The van der Waals surface area contributed by atoms with E-state index in [9.17, 15) is 9.59 Å². The molecule has 0 aromatic heterocycles. The summed E-state index contributed by atoms with van der Waals surface area (Å²) in [6, 6.07) is 7.25. The SMILES string of the molecule is CC(=O)N(CC(=O)NCC(C)C)Cc1ccc(Cl)cc1. The first-order valence-electron chi connectivity index (χ1n) is 6.65. The summed E-state index contributed by atoms with van der Waals surface area (Å²) in [7, 11) is 0. The highest BCUT2D eigenvalue weighted by Crippen LogP contribution is 2.11. The van der Waals surface area contributed by atoms with E-state index in [2.05, 4.69) is 5.32 Å². The number of hydrogen-bond acceptors (Lipinski definition) is 2. The van der Waals surface area contributed by atoms with Crippen LogP contribution in [0.5, 0.6) is 0 Å². The standard InChI is InChI=1S/C15H21ClN2O2/c1-11(2)8-17-15(20)10-18(12(3)19)9-13-4-6-14(16)7-5-13/h4-7,11H,8-10H2,1-3H3,(H,17,20). The van der Waals surface area contributed by atoms with Gasteiger partial charge in [-0.15, -0.1) is 0 Å². The summed E-state index contributed by atoms with van der Waals surface area (Å²) in [5, 5.41) is 3.46. The van der Waals surface area contributed by atoms with E-state index in [0.29, 0.717) is 24.0 Å². The zero-order chi connectivity index (χ0) is 15.1. The topological polar surface area (TPSA) is 49.4 Å². The molecule has 110 valence electrons. The number of nitrogens with zero attached hydrogens (tertiary/aromatic N) is 1. The van der Waals surface area contributed by atoms with Gasteiger partial charge in [0.1, 0.15) is 0 Å². The number of amides is 2. The maximum atomic E-state index is 11.8. The third-order valence-corrected chi connectivity index (χ3v) is 3.03. The Morgan fingerprint density at radius 2 is 1.85 bits per heavy atom. The van der Waals surface area contributed by atoms with Gasteiger partial charge in [0.05, 0.1) is 6.54 Å². The summed E-state index contributed by atoms with van der Waals surface area (Å²) >= 11 is 5.82. The maximum Gasteiger partial charge on any atom is 0.239 e. The van der Waals surface area contributed by atoms with Gasteiger partial charge in [0, 0.05) is 25.0 Å². The van der Waals surface area contributed by atoms with Gasteiger partial charge in [-0.05, 0) is 23.6 Å². The highest BCUT2D eigenvalue weighted by atomic mass is 35.5. The normalized spacial score (nSPS) is 10.4. The number of halogens is 1. The van der Waals surface area contributed by atoms with Crippen LogP contribution in [0.1, 0.15) is 26.3 Å². The molecule has 0 saturated heterocycles. The lowest BCUT2D eigenvalue weighted by Gasteiger charge is -2.21. The molecular formula is C15H21ClN2O2. The molecule has 0 saturated carbocycles. The molecule has 20 heavy (non-hydrogen) atoms. The zero-order valence-corrected chi connectivity index (χ0v) is 12.9. The number of hydrogen-bond donors (Lipinski definition) is 1. The van der Waals surface area contributed by atoms with Crippen molar-refractivity contribution in [2.24, 2.45) is 5.92 Å². The van der Waals surface area contributed by atoms with E-state index < -0.39 is 0 Å². The molecule has 0 spiro atoms. The molecule has 0 atom stereocenters. The average molecular weight is 297 g/mol. The van der Waals surface area contributed by atoms with Crippen molar-refractivity contribution in [1.82, 2.24) is 10.2 Å². The van der Waals surface area contributed by atoms with Crippen molar-refractivity contribution in [2.45, 2.75) is 27.3 Å². The van der Waals surface area contributed by atoms with Crippen molar-refractivity contribution in [3.8, 4) is 0 Å². The molecule has 0 heterocycles. The van der Waals surface area contributed by atoms with Crippen molar-refractivity contribution in [3.05, 3.63) is 34.9 Å². The molecule has 0 bridgehead atoms. The Bertz CT molecular complexity index is 457. The van der Waals surface area contributed by atoms with Crippen LogP contribution in [0.2, 0.25) is 5.02 Å². The van der Waals surface area contributed by atoms with Gasteiger partial charge in [0.25, 0.3) is 0 Å². The van der Waals surface area contributed by atoms with E-state index in [0.717, 1.165) is 5.56 Å². The van der Waals surface area contributed by atoms with E-state index in [1.165, 1.54) is 11.8 Å². The van der Waals surface area contributed by atoms with E-state index in [4.69, 9.17) is 11.6 Å². The monoisotopic (exact) mass is 296 g/mol. The van der Waals surface area contributed by atoms with Crippen LogP contribution in [-0.4, -0.2) is 29.8 Å². The van der Waals surface area contributed by atoms with Crippen molar-refractivity contribution in [3.63, 3.8) is 0 Å². The molecule has 1 aromatic carbocycles. The number of benzene rings is 1. The van der Waals surface area contributed by atoms with Gasteiger partial charge in [-0.3, -0.25) is 9.59 Å². The second kappa shape index (κ2) is 7.90. The Morgan fingerprint density at radius 1 is 1.25 bits per heavy atom. The molecule has 4 nitrogen and oxygen atoms in total. The molecule has 1 aromatic rings. The number of carbonyl (C=O) groups excluding carboxylic acids is 2. The number of nitrogens with one attached hydrogen (secondary N) is 1. The van der Waals surface area contributed by atoms with Gasteiger partial charge in [-0.25, -0.2) is 0 Å². The lowest BCUT2D eigenvalue weighted by atomic mass is 10.2. The first kappa shape index (κ1) is 16.5. The summed E-state index contributed by atoms with van der Waals surface area (Å²) in [6.07, 6.45) is 0. The molecule has 1 N–H and O–H groups in total. The van der Waals surface area contributed by atoms with E-state index in [1.807, 2.05) is 26.0 Å². The van der Waals surface area contributed by atoms with Gasteiger partial charge >= 0.3 is 0 Å². The molecule has 0 aliphatic heterocycles. The Labute approximate surface area is 125 Å². The fourth-order valence-corrected chi connectivity index (χ4v) is 1.76. The highest BCUT2D eigenvalue weighted by molar-refractivity contribution is 6.30. The third-order valence-electron chi connectivity index (χ3n) is 2.77. The summed E-state index contributed by atoms with van der Waals surface area (Å²) in [6.45, 7) is 6.61. The van der Waals surface area contributed by atoms with Gasteiger partial charge in [-0.1, -0.05) is 37.6 Å². The fourth-order valence-electron chi connectivity index (χ4n) is 1.64. The fraction of sp³-hybridized carbons (Fsp3) is 0.467. The summed E-state index contributed by atoms with van der Waals surface area (Å²) in [5.74, 6) is 0.128. The van der Waals surface area contributed by atoms with Crippen LogP contribution >= 0.6 is 11.6 Å². The largest absolute Gasteiger partial charge is 0.354 e. The quantitative estimate of drug-likeness (QED) is 0.876. The Hall–Kier alpha value is -1.55. The third kappa shape index (κ3) is 6.06. The van der Waals surface area contributed by atoms with Crippen LogP contribution in [0.15, 0.2) is 24.3 Å². The summed E-state index contributed by atoms with van der Waals surface area (Å²) in [5.41, 5.74) is 0.946. The van der Waals surface area contributed by atoms with E-state index >= 15 is 0 Å². The minimum atomic E-state index is -0.136. The summed E-state index contributed by atoms with van der Waals surface area (Å²) in [4.78, 5) is 24.9. The second-order valence-electron chi connectivity index (χ2n) is 5.20. The van der Waals surface area contributed by atoms with Gasteiger partial charge < -0.3 is 10.2 Å². The first-order chi connectivity index (χ1) is 9.38. The summed E-state index contributed by atoms with van der Waals surface area (Å²) < 4.78 is 0. The molecule has 2 amide bonds. The van der Waals surface area contributed by atoms with Crippen LogP contribution in [0, 0.1) is 5.92 Å². The maximum absolute atomic E-state index is 11.8. The number of carbonyl (C=O) groups is 2. The molecule has 5 heteroatoms. The van der Waals surface area contributed by atoms with E-state index in [-0.39, 0.29) is 18.4 Å². The van der Waals surface area contributed by atoms with Crippen molar-refractivity contribution in [2.75, 3.05) is 13.1 Å². The van der Waals surface area contributed by atoms with Crippen molar-refractivity contribution >= 4 is 23.4 Å². The minimum Gasteiger partial charge on any atom is -0.354 e. The molecule has 0 aliphatic rings. The van der Waals surface area contributed by atoms with Gasteiger partial charge in [0.2, 0.25) is 11.8 Å². The predicted molar refractivity (Wildman–Crippen MR) is 80.4 cm³/mol. The van der Waals surface area contributed by atoms with Crippen LogP contribution in [0.3, 0.4) is 0 Å². The van der Waals surface area contributed by atoms with E-state index in [1.54, 1.807) is 12.1 Å². The van der Waals surface area contributed by atoms with Crippen molar-refractivity contribution in [1.29, 1.82) is 0 Å². The lowest BCUT2D eigenvalue weighted by molar-refractivity contribution is -0.134. The van der Waals surface area contributed by atoms with Crippen LogP contribution < -0.4 is 5.32 Å². The van der Waals surface area contributed by atoms with Gasteiger partial charge in [0.15, 0.2) is 0 Å². The molecule has 1 rings (SSSR count). The second-order valence-corrected chi connectivity index (χ2v) is 5.64. The molecule has 0 radical (unpaired) electrons. The van der Waals surface area contributed by atoms with Crippen LogP contribution in [-0.2, 0) is 16.1 Å². The number of rotatable bonds is 6. The predicted octanol–water partition coefficient (Wildman–Crippen LogP) is 2.46. The molecular weight excluding hydrogens is 276 g/mol. The zero-order valence-electron chi connectivity index (χ0n) is 12.1. The lowest BCUT2D eigenvalue weighted by Crippen LogP contribution is -2.40. The van der Waals surface area contributed by atoms with Crippen LogP contribution in [0.25, 0.3) is 0 Å². The first-order valence-corrected chi connectivity index (χ1v) is 7.03. The average Bonchev–Trinajstić information content (AvgIpc) is 2.38. The van der Waals surface area contributed by atoms with Gasteiger partial charge in [-0.2, -0.15) is 0 Å². The molecule has 0 aliphatic carbocycles. The Morgan fingerprint density at radius 3 is 2.35 bits per heavy atom. The molecule has 0 fully saturated rings. The van der Waals surface area contributed by atoms with Crippen molar-refractivity contribution < 1.29 is 9.59 Å². The Kier molecular flexibility index (Phi) is 6.52. The van der Waals surface area contributed by atoms with Crippen LogP contribution in [0.4, 0.5) is 0 Å². The smallest absolute Gasteiger partial charge is 0.239 e. The molecule has 0 unspecified atom stereocenters. The minimum absolute atomic E-state index is 0.0741.